The number of benzene rings is 1. The Hall–Kier alpha value is -1.06. The Morgan fingerprint density at radius 2 is 2.08 bits per heavy atom. The highest BCUT2D eigenvalue weighted by molar-refractivity contribution is 5.50. The molecule has 2 bridgehead atoms. The molecule has 0 aromatic heterocycles. The molecule has 0 unspecified atom stereocenters. The fourth-order valence-corrected chi connectivity index (χ4v) is 1.98. The lowest BCUT2D eigenvalue weighted by atomic mass is 10.1. The standard InChI is InChI=1S/C9H10N2O/c1-12-6-4-2-3-5-7(6)9-10-8(5)11-9/h2-4,8-11H,1H3. The van der Waals surface area contributed by atoms with Crippen LogP contribution < -0.4 is 15.4 Å². The van der Waals surface area contributed by atoms with Crippen LogP contribution in [0.3, 0.4) is 0 Å². The molecule has 4 rings (SSSR count). The third-order valence-corrected chi connectivity index (χ3v) is 2.59. The predicted molar refractivity (Wildman–Crippen MR) is 44.7 cm³/mol. The van der Waals surface area contributed by atoms with Gasteiger partial charge in [0.05, 0.1) is 19.4 Å². The second-order valence-corrected chi connectivity index (χ2v) is 3.16. The number of methoxy groups -OCH3 is 1. The van der Waals surface area contributed by atoms with Gasteiger partial charge in [-0.25, -0.2) is 0 Å². The monoisotopic (exact) mass is 162 g/mol. The molecule has 2 N–H and O–H groups in total. The molecule has 3 heterocycles. The van der Waals surface area contributed by atoms with E-state index in [4.69, 9.17) is 4.74 Å². The predicted octanol–water partition coefficient (Wildman–Crippen LogP) is 0.899. The molecular formula is C9H10N2O. The summed E-state index contributed by atoms with van der Waals surface area (Å²) in [5, 5.41) is 6.73. The SMILES string of the molecule is COc1cccc2c1C1NC2N1. The Kier molecular flexibility index (Phi) is 1.07. The maximum Gasteiger partial charge on any atom is 0.125 e. The zero-order valence-corrected chi connectivity index (χ0v) is 6.79. The van der Waals surface area contributed by atoms with Gasteiger partial charge in [-0.1, -0.05) is 12.1 Å². The molecule has 0 saturated carbocycles. The van der Waals surface area contributed by atoms with Gasteiger partial charge in [0.25, 0.3) is 0 Å². The van der Waals surface area contributed by atoms with Crippen molar-refractivity contribution in [2.45, 2.75) is 12.3 Å². The van der Waals surface area contributed by atoms with E-state index in [-0.39, 0.29) is 0 Å². The van der Waals surface area contributed by atoms with Gasteiger partial charge in [0.2, 0.25) is 0 Å². The molecule has 12 heavy (non-hydrogen) atoms. The summed E-state index contributed by atoms with van der Waals surface area (Å²) in [5.74, 6) is 0.984. The zero-order valence-electron chi connectivity index (χ0n) is 6.79. The minimum atomic E-state index is 0.321. The van der Waals surface area contributed by atoms with Gasteiger partial charge in [0.1, 0.15) is 5.75 Å². The van der Waals surface area contributed by atoms with Crippen molar-refractivity contribution >= 4 is 0 Å². The summed E-state index contributed by atoms with van der Waals surface area (Å²) in [6.45, 7) is 0. The van der Waals surface area contributed by atoms with Crippen LogP contribution in [0, 0.1) is 0 Å². The summed E-state index contributed by atoms with van der Waals surface area (Å²) in [6.07, 6.45) is 0.682. The van der Waals surface area contributed by atoms with Crippen LogP contribution in [0.5, 0.6) is 5.75 Å². The van der Waals surface area contributed by atoms with Gasteiger partial charge in [-0.2, -0.15) is 0 Å². The van der Waals surface area contributed by atoms with Crippen LogP contribution in [0.1, 0.15) is 23.5 Å². The van der Waals surface area contributed by atoms with E-state index in [1.54, 1.807) is 7.11 Å². The van der Waals surface area contributed by atoms with E-state index < -0.39 is 0 Å². The molecule has 1 aromatic carbocycles. The largest absolute Gasteiger partial charge is 0.496 e. The molecule has 3 aliphatic heterocycles. The summed E-state index contributed by atoms with van der Waals surface area (Å²) in [4.78, 5) is 0. The zero-order chi connectivity index (χ0) is 8.13. The molecule has 0 spiro atoms. The van der Waals surface area contributed by atoms with E-state index in [9.17, 15) is 0 Å². The first-order valence-electron chi connectivity index (χ1n) is 4.09. The van der Waals surface area contributed by atoms with E-state index >= 15 is 0 Å². The Morgan fingerprint density at radius 3 is 2.83 bits per heavy atom. The van der Waals surface area contributed by atoms with E-state index in [0.717, 1.165) is 5.75 Å². The summed E-state index contributed by atoms with van der Waals surface area (Å²) in [5.41, 5.74) is 2.62. The van der Waals surface area contributed by atoms with Crippen LogP contribution in [0.2, 0.25) is 0 Å². The van der Waals surface area contributed by atoms with Crippen LogP contribution in [-0.2, 0) is 0 Å². The average Bonchev–Trinajstić information content (AvgIpc) is 2.54. The highest BCUT2D eigenvalue weighted by atomic mass is 16.5. The van der Waals surface area contributed by atoms with Gasteiger partial charge < -0.3 is 4.74 Å². The first kappa shape index (κ1) is 6.46. The maximum atomic E-state index is 5.27. The molecule has 0 amide bonds. The van der Waals surface area contributed by atoms with Crippen LogP contribution in [0.25, 0.3) is 0 Å². The second kappa shape index (κ2) is 2.00. The molecule has 1 saturated heterocycles. The highest BCUT2D eigenvalue weighted by Gasteiger charge is 2.42. The van der Waals surface area contributed by atoms with E-state index in [2.05, 4.69) is 16.7 Å². The molecule has 1 fully saturated rings. The van der Waals surface area contributed by atoms with Crippen molar-refractivity contribution in [3.8, 4) is 5.75 Å². The Labute approximate surface area is 70.7 Å². The average molecular weight is 162 g/mol. The lowest BCUT2D eigenvalue weighted by Gasteiger charge is -2.28. The number of hydrogen-bond acceptors (Lipinski definition) is 3. The molecular weight excluding hydrogens is 152 g/mol. The number of hydrogen-bond donors (Lipinski definition) is 2. The Bertz CT molecular complexity index is 331. The molecule has 3 nitrogen and oxygen atoms in total. The smallest absolute Gasteiger partial charge is 0.125 e. The van der Waals surface area contributed by atoms with E-state index in [0.29, 0.717) is 12.3 Å². The summed E-state index contributed by atoms with van der Waals surface area (Å²) >= 11 is 0. The Balaban J connectivity index is 2.22. The van der Waals surface area contributed by atoms with Crippen molar-refractivity contribution in [3.63, 3.8) is 0 Å². The van der Waals surface area contributed by atoms with Crippen molar-refractivity contribution in [1.82, 2.24) is 10.6 Å². The molecule has 3 aliphatic rings. The fourth-order valence-electron chi connectivity index (χ4n) is 1.98. The van der Waals surface area contributed by atoms with Crippen LogP contribution >= 0.6 is 0 Å². The van der Waals surface area contributed by atoms with Gasteiger partial charge in [-0.15, -0.1) is 0 Å². The third kappa shape index (κ3) is 0.589. The van der Waals surface area contributed by atoms with Crippen molar-refractivity contribution in [1.29, 1.82) is 0 Å². The number of ether oxygens (including phenoxy) is 1. The molecule has 62 valence electrons. The van der Waals surface area contributed by atoms with Crippen molar-refractivity contribution < 1.29 is 4.74 Å². The van der Waals surface area contributed by atoms with E-state index in [1.165, 1.54) is 11.1 Å². The minimum Gasteiger partial charge on any atom is -0.496 e. The third-order valence-electron chi connectivity index (χ3n) is 2.59. The second-order valence-electron chi connectivity index (χ2n) is 3.16. The summed E-state index contributed by atoms with van der Waals surface area (Å²) in [6, 6.07) is 6.17. The first-order valence-corrected chi connectivity index (χ1v) is 4.09. The Morgan fingerprint density at radius 1 is 1.25 bits per heavy atom. The normalized spacial score (nSPS) is 29.4. The molecule has 0 radical (unpaired) electrons. The van der Waals surface area contributed by atoms with Gasteiger partial charge >= 0.3 is 0 Å². The summed E-state index contributed by atoms with van der Waals surface area (Å²) in [7, 11) is 1.71. The lowest BCUT2D eigenvalue weighted by molar-refractivity contribution is 0.244. The highest BCUT2D eigenvalue weighted by Crippen LogP contribution is 2.44. The fraction of sp³-hybridized carbons (Fsp3) is 0.333. The number of rotatable bonds is 1. The van der Waals surface area contributed by atoms with E-state index in [1.807, 2.05) is 12.1 Å². The topological polar surface area (TPSA) is 33.3 Å². The quantitative estimate of drug-likeness (QED) is 0.643. The molecule has 3 heteroatoms. The van der Waals surface area contributed by atoms with Gasteiger partial charge in [-0.3, -0.25) is 10.6 Å². The van der Waals surface area contributed by atoms with Crippen LogP contribution in [0.15, 0.2) is 18.2 Å². The van der Waals surface area contributed by atoms with Gasteiger partial charge in [0, 0.05) is 5.56 Å². The first-order chi connectivity index (χ1) is 5.90. The summed E-state index contributed by atoms with van der Waals surface area (Å²) < 4.78 is 5.27. The van der Waals surface area contributed by atoms with Crippen LogP contribution in [-0.4, -0.2) is 7.11 Å². The minimum absolute atomic E-state index is 0.321. The molecule has 1 aromatic rings. The molecule has 0 atom stereocenters. The van der Waals surface area contributed by atoms with Crippen molar-refractivity contribution in [3.05, 3.63) is 29.3 Å². The maximum absolute atomic E-state index is 5.27. The van der Waals surface area contributed by atoms with Crippen molar-refractivity contribution in [2.75, 3.05) is 7.11 Å². The molecule has 0 aliphatic carbocycles. The van der Waals surface area contributed by atoms with Gasteiger partial charge in [0.15, 0.2) is 0 Å². The van der Waals surface area contributed by atoms with Crippen molar-refractivity contribution in [2.24, 2.45) is 0 Å². The lowest BCUT2D eigenvalue weighted by Crippen LogP contribution is -2.47. The van der Waals surface area contributed by atoms with Crippen LogP contribution in [0.4, 0.5) is 0 Å². The number of nitrogens with one attached hydrogen (secondary N) is 2. The van der Waals surface area contributed by atoms with Gasteiger partial charge in [-0.05, 0) is 11.6 Å².